The van der Waals surface area contributed by atoms with Crippen molar-refractivity contribution in [3.8, 4) is 0 Å². The highest BCUT2D eigenvalue weighted by Gasteiger charge is 2.28. The van der Waals surface area contributed by atoms with E-state index in [0.717, 1.165) is 24.0 Å². The summed E-state index contributed by atoms with van der Waals surface area (Å²) in [4.78, 5) is 28.0. The van der Waals surface area contributed by atoms with Gasteiger partial charge in [0.25, 0.3) is 0 Å². The molecule has 0 aliphatic carbocycles. The molecule has 2 amide bonds. The molecule has 32 heavy (non-hydrogen) atoms. The van der Waals surface area contributed by atoms with Crippen molar-refractivity contribution in [1.82, 2.24) is 10.2 Å². The van der Waals surface area contributed by atoms with Crippen LogP contribution in [0, 0.1) is 0 Å². The van der Waals surface area contributed by atoms with Crippen LogP contribution in [0.5, 0.6) is 0 Å². The van der Waals surface area contributed by atoms with Gasteiger partial charge in [-0.2, -0.15) is 0 Å². The van der Waals surface area contributed by atoms with Crippen LogP contribution in [0.4, 0.5) is 0 Å². The Labute approximate surface area is 194 Å². The van der Waals surface area contributed by atoms with Gasteiger partial charge in [-0.1, -0.05) is 95.6 Å². The Hall–Kier alpha value is -2.62. The van der Waals surface area contributed by atoms with E-state index in [1.54, 1.807) is 4.90 Å². The van der Waals surface area contributed by atoms with Crippen LogP contribution in [0.25, 0.3) is 0 Å². The monoisotopic (exact) mass is 436 g/mol. The van der Waals surface area contributed by atoms with E-state index in [1.807, 2.05) is 37.3 Å². The second kappa shape index (κ2) is 12.4. The van der Waals surface area contributed by atoms with Crippen molar-refractivity contribution in [2.45, 2.75) is 84.7 Å². The first kappa shape index (κ1) is 25.6. The van der Waals surface area contributed by atoms with Crippen LogP contribution in [0.15, 0.2) is 54.6 Å². The molecule has 174 valence electrons. The molecule has 0 spiro atoms. The summed E-state index contributed by atoms with van der Waals surface area (Å²) in [5.74, 6) is -0.0361. The molecular weight excluding hydrogens is 396 g/mol. The van der Waals surface area contributed by atoms with Crippen molar-refractivity contribution in [2.24, 2.45) is 0 Å². The van der Waals surface area contributed by atoms with Gasteiger partial charge in [-0.3, -0.25) is 9.59 Å². The van der Waals surface area contributed by atoms with Crippen LogP contribution in [-0.2, 0) is 28.0 Å². The number of rotatable bonds is 11. The molecule has 2 aromatic rings. The lowest BCUT2D eigenvalue weighted by molar-refractivity contribution is -0.141. The second-order valence-corrected chi connectivity index (χ2v) is 9.52. The van der Waals surface area contributed by atoms with Crippen molar-refractivity contribution < 1.29 is 9.59 Å². The molecule has 4 heteroatoms. The van der Waals surface area contributed by atoms with Gasteiger partial charge in [0.1, 0.15) is 6.04 Å². The Morgan fingerprint density at radius 1 is 0.938 bits per heavy atom. The number of nitrogens with one attached hydrogen (secondary N) is 1. The molecule has 2 aromatic carbocycles. The topological polar surface area (TPSA) is 49.4 Å². The predicted octanol–water partition coefficient (Wildman–Crippen LogP) is 5.64. The number of benzene rings is 2. The quantitative estimate of drug-likeness (QED) is 0.463. The fourth-order valence-corrected chi connectivity index (χ4v) is 3.77. The average Bonchev–Trinajstić information content (AvgIpc) is 2.78. The molecule has 0 aliphatic rings. The van der Waals surface area contributed by atoms with Crippen molar-refractivity contribution >= 4 is 11.8 Å². The lowest BCUT2D eigenvalue weighted by atomic mass is 9.86. The van der Waals surface area contributed by atoms with Crippen LogP contribution in [0.3, 0.4) is 0 Å². The number of carbonyl (C=O) groups is 2. The molecule has 4 nitrogen and oxygen atoms in total. The molecule has 0 saturated carbocycles. The molecule has 1 atom stereocenters. The fourth-order valence-electron chi connectivity index (χ4n) is 3.77. The maximum Gasteiger partial charge on any atom is 0.242 e. The molecule has 1 N–H and O–H groups in total. The zero-order chi connectivity index (χ0) is 23.6. The van der Waals surface area contributed by atoms with Gasteiger partial charge in [-0.05, 0) is 41.4 Å². The molecule has 1 unspecified atom stereocenters. The number of amides is 2. The van der Waals surface area contributed by atoms with Gasteiger partial charge >= 0.3 is 0 Å². The number of hydrogen-bond donors (Lipinski definition) is 1. The predicted molar refractivity (Wildman–Crippen MR) is 132 cm³/mol. The number of nitrogens with zero attached hydrogens (tertiary/aromatic N) is 1. The van der Waals surface area contributed by atoms with Gasteiger partial charge in [0.05, 0.1) is 0 Å². The Balaban J connectivity index is 2.12. The SMILES string of the molecule is CCCCNC(=O)C(CC)N(Cc1ccccc1)C(=O)CCc1ccc(C(C)(C)C)cc1. The van der Waals surface area contributed by atoms with Crippen LogP contribution < -0.4 is 5.32 Å². The smallest absolute Gasteiger partial charge is 0.242 e. The summed E-state index contributed by atoms with van der Waals surface area (Å²) in [7, 11) is 0. The molecular formula is C28H40N2O2. The summed E-state index contributed by atoms with van der Waals surface area (Å²) >= 11 is 0. The Kier molecular flexibility index (Phi) is 9.96. The largest absolute Gasteiger partial charge is 0.354 e. The molecule has 0 bridgehead atoms. The van der Waals surface area contributed by atoms with Gasteiger partial charge in [0.15, 0.2) is 0 Å². The second-order valence-electron chi connectivity index (χ2n) is 9.52. The first-order valence-corrected chi connectivity index (χ1v) is 12.0. The minimum absolute atomic E-state index is 0.0197. The summed E-state index contributed by atoms with van der Waals surface area (Å²) in [5.41, 5.74) is 3.58. The summed E-state index contributed by atoms with van der Waals surface area (Å²) in [6.07, 6.45) is 3.62. The van der Waals surface area contributed by atoms with E-state index in [9.17, 15) is 9.59 Å². The third-order valence-corrected chi connectivity index (χ3v) is 5.86. The van der Waals surface area contributed by atoms with Crippen LogP contribution in [0.2, 0.25) is 0 Å². The maximum absolute atomic E-state index is 13.3. The van der Waals surface area contributed by atoms with Gasteiger partial charge in [0, 0.05) is 19.5 Å². The minimum atomic E-state index is -0.456. The van der Waals surface area contributed by atoms with Crippen molar-refractivity contribution in [3.05, 3.63) is 71.3 Å². The molecule has 0 aliphatic heterocycles. The zero-order valence-corrected chi connectivity index (χ0v) is 20.5. The Morgan fingerprint density at radius 3 is 2.16 bits per heavy atom. The summed E-state index contributed by atoms with van der Waals surface area (Å²) < 4.78 is 0. The highest BCUT2D eigenvalue weighted by Crippen LogP contribution is 2.23. The van der Waals surface area contributed by atoms with Gasteiger partial charge in [-0.15, -0.1) is 0 Å². The maximum atomic E-state index is 13.3. The number of unbranched alkanes of at least 4 members (excludes halogenated alkanes) is 1. The van der Waals surface area contributed by atoms with E-state index in [4.69, 9.17) is 0 Å². The van der Waals surface area contributed by atoms with Crippen LogP contribution in [-0.4, -0.2) is 29.3 Å². The van der Waals surface area contributed by atoms with E-state index < -0.39 is 6.04 Å². The van der Waals surface area contributed by atoms with Crippen molar-refractivity contribution in [1.29, 1.82) is 0 Å². The van der Waals surface area contributed by atoms with Crippen molar-refractivity contribution in [3.63, 3.8) is 0 Å². The molecule has 0 heterocycles. The fraction of sp³-hybridized carbons (Fsp3) is 0.500. The Bertz CT molecular complexity index is 838. The lowest BCUT2D eigenvalue weighted by Crippen LogP contribution is -2.49. The minimum Gasteiger partial charge on any atom is -0.354 e. The van der Waals surface area contributed by atoms with E-state index in [1.165, 1.54) is 5.56 Å². The normalized spacial score (nSPS) is 12.3. The molecule has 0 aromatic heterocycles. The summed E-state index contributed by atoms with van der Waals surface area (Å²) in [5, 5.41) is 3.02. The Morgan fingerprint density at radius 2 is 1.59 bits per heavy atom. The molecule has 0 fully saturated rings. The third-order valence-electron chi connectivity index (χ3n) is 5.86. The highest BCUT2D eigenvalue weighted by atomic mass is 16.2. The van der Waals surface area contributed by atoms with Gasteiger partial charge in [0.2, 0.25) is 11.8 Å². The third kappa shape index (κ3) is 7.81. The molecule has 2 rings (SSSR count). The molecule has 0 saturated heterocycles. The standard InChI is InChI=1S/C28H40N2O2/c1-6-8-20-29-27(32)25(7-2)30(21-23-12-10-9-11-13-23)26(31)19-16-22-14-17-24(18-15-22)28(3,4)5/h9-15,17-18,25H,6-8,16,19-21H2,1-5H3,(H,29,32). The van der Waals surface area contributed by atoms with E-state index >= 15 is 0 Å². The summed E-state index contributed by atoms with van der Waals surface area (Å²) in [6, 6.07) is 18.0. The summed E-state index contributed by atoms with van der Waals surface area (Å²) in [6.45, 7) is 11.8. The van der Waals surface area contributed by atoms with Gasteiger partial charge < -0.3 is 10.2 Å². The van der Waals surface area contributed by atoms with Crippen molar-refractivity contribution in [2.75, 3.05) is 6.54 Å². The highest BCUT2D eigenvalue weighted by molar-refractivity contribution is 5.87. The number of carbonyl (C=O) groups excluding carboxylic acids is 2. The lowest BCUT2D eigenvalue weighted by Gasteiger charge is -2.31. The number of hydrogen-bond acceptors (Lipinski definition) is 2. The van der Waals surface area contributed by atoms with E-state index in [2.05, 4.69) is 57.3 Å². The van der Waals surface area contributed by atoms with Gasteiger partial charge in [-0.25, -0.2) is 0 Å². The first-order chi connectivity index (χ1) is 15.3. The van der Waals surface area contributed by atoms with Crippen LogP contribution >= 0.6 is 0 Å². The van der Waals surface area contributed by atoms with E-state index in [0.29, 0.717) is 32.4 Å². The first-order valence-electron chi connectivity index (χ1n) is 12.0. The zero-order valence-electron chi connectivity index (χ0n) is 20.5. The number of aryl methyl sites for hydroxylation is 1. The van der Waals surface area contributed by atoms with E-state index in [-0.39, 0.29) is 17.2 Å². The molecule has 0 radical (unpaired) electrons. The average molecular weight is 437 g/mol. The van der Waals surface area contributed by atoms with Crippen LogP contribution in [0.1, 0.15) is 77.0 Å².